The molecule has 0 bridgehead atoms. The fraction of sp³-hybridized carbons (Fsp3) is 0.200. The predicted octanol–water partition coefficient (Wildman–Crippen LogP) is 3.41. The molecule has 5 nitrogen and oxygen atoms in total. The Balaban J connectivity index is 1.67. The molecule has 0 aliphatic carbocycles. The Bertz CT molecular complexity index is 948. The number of fused-ring (bicyclic) bond motifs is 4. The normalized spacial score (nSPS) is 17.6. The fourth-order valence-corrected chi connectivity index (χ4v) is 3.68. The second kappa shape index (κ2) is 5.57. The first-order valence-corrected chi connectivity index (χ1v) is 8.31. The van der Waals surface area contributed by atoms with Gasteiger partial charge in [-0.2, -0.15) is 0 Å². The van der Waals surface area contributed by atoms with Gasteiger partial charge in [-0.15, -0.1) is 0 Å². The third-order valence-corrected chi connectivity index (χ3v) is 4.86. The third kappa shape index (κ3) is 2.20. The number of rotatable bonds is 2. The van der Waals surface area contributed by atoms with Crippen LogP contribution >= 0.6 is 0 Å². The van der Waals surface area contributed by atoms with Crippen molar-refractivity contribution in [1.29, 1.82) is 0 Å². The second-order valence-electron chi connectivity index (χ2n) is 6.19. The molecule has 3 aromatic rings. The summed E-state index contributed by atoms with van der Waals surface area (Å²) in [7, 11) is 1.71. The molecule has 0 spiro atoms. The van der Waals surface area contributed by atoms with Crippen molar-refractivity contribution in [2.24, 2.45) is 0 Å². The molecular formula is C20H18N2O3. The van der Waals surface area contributed by atoms with Crippen LogP contribution in [0.3, 0.4) is 0 Å². The van der Waals surface area contributed by atoms with Gasteiger partial charge in [0.25, 0.3) is 0 Å². The summed E-state index contributed by atoms with van der Waals surface area (Å²) in [6.45, 7) is 1.02. The summed E-state index contributed by atoms with van der Waals surface area (Å²) in [5.41, 5.74) is 4.59. The quantitative estimate of drug-likeness (QED) is 0.780. The van der Waals surface area contributed by atoms with Gasteiger partial charge in [0.1, 0.15) is 5.75 Å². The van der Waals surface area contributed by atoms with Gasteiger partial charge < -0.3 is 24.1 Å². The number of hydrogen-bond acceptors (Lipinski definition) is 4. The van der Waals surface area contributed by atoms with Crippen LogP contribution in [0.5, 0.6) is 17.2 Å². The van der Waals surface area contributed by atoms with Crippen molar-refractivity contribution in [2.45, 2.75) is 12.6 Å². The first-order chi connectivity index (χ1) is 12.3. The lowest BCUT2D eigenvalue weighted by Crippen LogP contribution is -2.21. The molecule has 1 unspecified atom stereocenters. The van der Waals surface area contributed by atoms with E-state index < -0.39 is 0 Å². The zero-order chi connectivity index (χ0) is 16.8. The minimum absolute atomic E-state index is 0.0372. The van der Waals surface area contributed by atoms with Gasteiger partial charge in [0, 0.05) is 30.1 Å². The standard InChI is InChI=1S/C20H18N2O3/c1-23-17-7-3-2-5-14(17)20-15-6-4-8-22(15)16-10-19-18(24-12-25-19)9-13(16)11-21-20/h2-10,20-21H,11-12H2,1H3. The maximum atomic E-state index is 5.58. The molecule has 0 saturated heterocycles. The molecule has 1 aromatic heterocycles. The van der Waals surface area contributed by atoms with E-state index in [9.17, 15) is 0 Å². The van der Waals surface area contributed by atoms with Gasteiger partial charge in [0.05, 0.1) is 18.8 Å². The zero-order valence-electron chi connectivity index (χ0n) is 13.9. The van der Waals surface area contributed by atoms with E-state index in [2.05, 4.69) is 46.4 Å². The van der Waals surface area contributed by atoms with Crippen LogP contribution in [-0.4, -0.2) is 18.5 Å². The molecule has 0 fully saturated rings. The van der Waals surface area contributed by atoms with E-state index in [0.717, 1.165) is 35.0 Å². The van der Waals surface area contributed by atoms with Gasteiger partial charge in [-0.25, -0.2) is 0 Å². The van der Waals surface area contributed by atoms with Crippen LogP contribution < -0.4 is 19.5 Å². The third-order valence-electron chi connectivity index (χ3n) is 4.86. The lowest BCUT2D eigenvalue weighted by Gasteiger charge is -2.20. The van der Waals surface area contributed by atoms with Crippen LogP contribution in [0.25, 0.3) is 5.69 Å². The minimum atomic E-state index is 0.0372. The number of para-hydroxylation sites is 1. The first kappa shape index (κ1) is 14.4. The smallest absolute Gasteiger partial charge is 0.231 e. The molecule has 1 atom stereocenters. The van der Waals surface area contributed by atoms with Crippen LogP contribution in [0.2, 0.25) is 0 Å². The lowest BCUT2D eigenvalue weighted by molar-refractivity contribution is 0.174. The Hall–Kier alpha value is -2.92. The van der Waals surface area contributed by atoms with Crippen molar-refractivity contribution in [2.75, 3.05) is 13.9 Å². The molecule has 2 aromatic carbocycles. The van der Waals surface area contributed by atoms with Crippen LogP contribution in [-0.2, 0) is 6.54 Å². The largest absolute Gasteiger partial charge is 0.496 e. The van der Waals surface area contributed by atoms with Crippen molar-refractivity contribution in [3.8, 4) is 22.9 Å². The zero-order valence-corrected chi connectivity index (χ0v) is 13.9. The van der Waals surface area contributed by atoms with Gasteiger partial charge in [0.2, 0.25) is 6.79 Å². The van der Waals surface area contributed by atoms with E-state index >= 15 is 0 Å². The molecule has 3 heterocycles. The average Bonchev–Trinajstić information content (AvgIpc) is 3.27. The van der Waals surface area contributed by atoms with Gasteiger partial charge in [-0.3, -0.25) is 0 Å². The SMILES string of the molecule is COc1ccccc1C1NCc2cc3c(cc2-n2cccc21)OCO3. The molecule has 126 valence electrons. The van der Waals surface area contributed by atoms with Crippen molar-refractivity contribution in [3.05, 3.63) is 71.5 Å². The number of aromatic nitrogens is 1. The predicted molar refractivity (Wildman–Crippen MR) is 93.6 cm³/mol. The van der Waals surface area contributed by atoms with Crippen LogP contribution in [0.1, 0.15) is 22.9 Å². The highest BCUT2D eigenvalue weighted by atomic mass is 16.7. The van der Waals surface area contributed by atoms with Gasteiger partial charge in [0.15, 0.2) is 11.5 Å². The highest BCUT2D eigenvalue weighted by molar-refractivity contribution is 5.57. The Morgan fingerprint density at radius 3 is 2.80 bits per heavy atom. The van der Waals surface area contributed by atoms with E-state index in [1.165, 1.54) is 11.3 Å². The summed E-state index contributed by atoms with van der Waals surface area (Å²) in [5.74, 6) is 2.49. The molecule has 2 aliphatic rings. The topological polar surface area (TPSA) is 44.7 Å². The van der Waals surface area contributed by atoms with E-state index in [0.29, 0.717) is 0 Å². The highest BCUT2D eigenvalue weighted by Crippen LogP contribution is 2.40. The number of benzene rings is 2. The van der Waals surface area contributed by atoms with E-state index in [-0.39, 0.29) is 12.8 Å². The summed E-state index contributed by atoms with van der Waals surface area (Å²) >= 11 is 0. The number of nitrogens with one attached hydrogen (secondary N) is 1. The van der Waals surface area contributed by atoms with Crippen LogP contribution in [0, 0.1) is 0 Å². The number of nitrogens with zero attached hydrogens (tertiary/aromatic N) is 1. The Morgan fingerprint density at radius 1 is 1.08 bits per heavy atom. The first-order valence-electron chi connectivity index (χ1n) is 8.31. The molecule has 2 aliphatic heterocycles. The van der Waals surface area contributed by atoms with Crippen molar-refractivity contribution >= 4 is 0 Å². The molecule has 0 amide bonds. The Labute approximate surface area is 145 Å². The molecule has 1 N–H and O–H groups in total. The van der Waals surface area contributed by atoms with Gasteiger partial charge in [-0.05, 0) is 29.8 Å². The number of ether oxygens (including phenoxy) is 3. The monoisotopic (exact) mass is 334 g/mol. The van der Waals surface area contributed by atoms with Crippen LogP contribution in [0.4, 0.5) is 0 Å². The average molecular weight is 334 g/mol. The summed E-state index contributed by atoms with van der Waals surface area (Å²) in [6, 6.07) is 16.5. The lowest BCUT2D eigenvalue weighted by atomic mass is 10.0. The Kier molecular flexibility index (Phi) is 3.21. The van der Waals surface area contributed by atoms with E-state index in [1.807, 2.05) is 18.2 Å². The van der Waals surface area contributed by atoms with Crippen molar-refractivity contribution in [1.82, 2.24) is 9.88 Å². The number of hydrogen-bond donors (Lipinski definition) is 1. The minimum Gasteiger partial charge on any atom is -0.496 e. The van der Waals surface area contributed by atoms with Crippen molar-refractivity contribution in [3.63, 3.8) is 0 Å². The molecular weight excluding hydrogens is 316 g/mol. The van der Waals surface area contributed by atoms with Crippen molar-refractivity contribution < 1.29 is 14.2 Å². The summed E-state index contributed by atoms with van der Waals surface area (Å²) in [5, 5.41) is 3.67. The maximum absolute atomic E-state index is 5.58. The van der Waals surface area contributed by atoms with Gasteiger partial charge in [-0.1, -0.05) is 18.2 Å². The summed E-state index contributed by atoms with van der Waals surface area (Å²) in [6.07, 6.45) is 2.09. The van der Waals surface area contributed by atoms with Crippen LogP contribution in [0.15, 0.2) is 54.7 Å². The highest BCUT2D eigenvalue weighted by Gasteiger charge is 2.27. The molecule has 5 rings (SSSR count). The summed E-state index contributed by atoms with van der Waals surface area (Å²) in [4.78, 5) is 0. The van der Waals surface area contributed by atoms with E-state index in [1.54, 1.807) is 7.11 Å². The van der Waals surface area contributed by atoms with E-state index in [4.69, 9.17) is 14.2 Å². The summed E-state index contributed by atoms with van der Waals surface area (Å²) < 4.78 is 18.9. The fourth-order valence-electron chi connectivity index (χ4n) is 3.68. The molecule has 5 heteroatoms. The number of methoxy groups -OCH3 is 1. The molecule has 25 heavy (non-hydrogen) atoms. The van der Waals surface area contributed by atoms with Gasteiger partial charge >= 0.3 is 0 Å². The maximum Gasteiger partial charge on any atom is 0.231 e. The molecule has 0 saturated carbocycles. The molecule has 0 radical (unpaired) electrons. The second-order valence-corrected chi connectivity index (χ2v) is 6.19. The Morgan fingerprint density at radius 2 is 1.92 bits per heavy atom.